The van der Waals surface area contributed by atoms with Crippen LogP contribution in [0.4, 0.5) is 5.69 Å². The van der Waals surface area contributed by atoms with E-state index in [1.807, 2.05) is 25.2 Å². The number of amides is 1. The summed E-state index contributed by atoms with van der Waals surface area (Å²) >= 11 is 0. The van der Waals surface area contributed by atoms with E-state index in [-0.39, 0.29) is 29.6 Å². The molecule has 0 aromatic heterocycles. The fourth-order valence-electron chi connectivity index (χ4n) is 3.30. The minimum atomic E-state index is -0.498. The summed E-state index contributed by atoms with van der Waals surface area (Å²) in [5.41, 5.74) is 0.101. The molecule has 0 unspecified atom stereocenters. The molecule has 0 radical (unpaired) electrons. The third kappa shape index (κ3) is 5.21. The number of likely N-dealkylation sites (tertiary alicyclic amines) is 1. The maximum atomic E-state index is 13.1. The van der Waals surface area contributed by atoms with Crippen molar-refractivity contribution in [1.29, 1.82) is 0 Å². The first-order chi connectivity index (χ1) is 13.1. The molecule has 1 N–H and O–H groups in total. The second kappa shape index (κ2) is 10.1. The minimum Gasteiger partial charge on any atom is -0.457 e. The van der Waals surface area contributed by atoms with E-state index in [0.29, 0.717) is 30.5 Å². The van der Waals surface area contributed by atoms with Crippen molar-refractivity contribution in [2.75, 3.05) is 26.7 Å². The van der Waals surface area contributed by atoms with Gasteiger partial charge in [0.25, 0.3) is 11.6 Å². The van der Waals surface area contributed by atoms with Crippen LogP contribution in [0.5, 0.6) is 11.5 Å². The first-order valence-electron chi connectivity index (χ1n) is 9.03. The summed E-state index contributed by atoms with van der Waals surface area (Å²) in [7, 11) is 1.92. The summed E-state index contributed by atoms with van der Waals surface area (Å²) in [6.07, 6.45) is 1.83. The van der Waals surface area contributed by atoms with Gasteiger partial charge in [0.2, 0.25) is 0 Å². The molecule has 0 aliphatic carbocycles. The maximum Gasteiger partial charge on any atom is 0.270 e. The molecule has 2 aromatic rings. The molecule has 2 aromatic carbocycles. The highest BCUT2D eigenvalue weighted by Crippen LogP contribution is 2.30. The quantitative estimate of drug-likeness (QED) is 0.582. The van der Waals surface area contributed by atoms with Gasteiger partial charge in [-0.1, -0.05) is 18.2 Å². The number of hydrogen-bond donors (Lipinski definition) is 1. The number of nitro groups is 1. The molecule has 28 heavy (non-hydrogen) atoms. The number of rotatable bonds is 6. The molecule has 1 aliphatic heterocycles. The average molecular weight is 406 g/mol. The number of ether oxygens (including phenoxy) is 1. The molecule has 0 atom stereocenters. The van der Waals surface area contributed by atoms with E-state index in [2.05, 4.69) is 5.32 Å². The van der Waals surface area contributed by atoms with Crippen LogP contribution >= 0.6 is 12.4 Å². The van der Waals surface area contributed by atoms with Crippen LogP contribution in [-0.4, -0.2) is 42.4 Å². The van der Waals surface area contributed by atoms with Crippen molar-refractivity contribution < 1.29 is 14.5 Å². The number of carbonyl (C=O) groups excluding carboxylic acids is 1. The Morgan fingerprint density at radius 1 is 1.21 bits per heavy atom. The van der Waals surface area contributed by atoms with Gasteiger partial charge < -0.3 is 15.0 Å². The van der Waals surface area contributed by atoms with Crippen LogP contribution in [0.25, 0.3) is 0 Å². The number of hydrogen-bond acceptors (Lipinski definition) is 5. The molecular weight excluding hydrogens is 382 g/mol. The highest BCUT2D eigenvalue weighted by Gasteiger charge is 2.27. The maximum absolute atomic E-state index is 13.1. The first kappa shape index (κ1) is 21.7. The van der Waals surface area contributed by atoms with Crippen LogP contribution in [0, 0.1) is 16.0 Å². The van der Waals surface area contributed by atoms with Crippen molar-refractivity contribution in [3.05, 3.63) is 64.2 Å². The Labute approximate surface area is 170 Å². The Balaban J connectivity index is 0.00000280. The second-order valence-corrected chi connectivity index (χ2v) is 6.65. The predicted molar refractivity (Wildman–Crippen MR) is 109 cm³/mol. The molecular formula is C20H24ClN3O4. The smallest absolute Gasteiger partial charge is 0.270 e. The van der Waals surface area contributed by atoms with Gasteiger partial charge in [-0.25, -0.2) is 0 Å². The van der Waals surface area contributed by atoms with Crippen LogP contribution in [-0.2, 0) is 0 Å². The summed E-state index contributed by atoms with van der Waals surface area (Å²) < 4.78 is 5.84. The molecule has 0 spiro atoms. The number of para-hydroxylation sites is 1. The number of halogens is 1. The number of piperidine rings is 1. The van der Waals surface area contributed by atoms with E-state index in [9.17, 15) is 14.9 Å². The van der Waals surface area contributed by atoms with Gasteiger partial charge in [-0.3, -0.25) is 14.9 Å². The lowest BCUT2D eigenvalue weighted by Gasteiger charge is -2.32. The van der Waals surface area contributed by atoms with Crippen LogP contribution in [0.1, 0.15) is 23.2 Å². The zero-order valence-corrected chi connectivity index (χ0v) is 16.5. The summed E-state index contributed by atoms with van der Waals surface area (Å²) in [6, 6.07) is 13.2. The van der Waals surface area contributed by atoms with E-state index in [1.54, 1.807) is 17.0 Å². The summed E-state index contributed by atoms with van der Waals surface area (Å²) in [6.45, 7) is 2.21. The van der Waals surface area contributed by atoms with Crippen molar-refractivity contribution in [3.8, 4) is 11.5 Å². The predicted octanol–water partition coefficient (Wildman–Crippen LogP) is 3.88. The average Bonchev–Trinajstić information content (AvgIpc) is 2.69. The number of nitrogens with one attached hydrogen (secondary N) is 1. The van der Waals surface area contributed by atoms with Gasteiger partial charge in [-0.2, -0.15) is 0 Å². The molecule has 0 bridgehead atoms. The number of carbonyl (C=O) groups is 1. The zero-order valence-electron chi connectivity index (χ0n) is 15.7. The lowest BCUT2D eigenvalue weighted by Crippen LogP contribution is -2.40. The van der Waals surface area contributed by atoms with Gasteiger partial charge in [-0.15, -0.1) is 12.4 Å². The summed E-state index contributed by atoms with van der Waals surface area (Å²) in [4.78, 5) is 25.5. The third-order valence-corrected chi connectivity index (χ3v) is 4.77. The Bertz CT molecular complexity index is 808. The van der Waals surface area contributed by atoms with Crippen molar-refractivity contribution in [3.63, 3.8) is 0 Å². The molecule has 1 fully saturated rings. The highest BCUT2D eigenvalue weighted by atomic mass is 35.5. The summed E-state index contributed by atoms with van der Waals surface area (Å²) in [5, 5.41) is 14.3. The van der Waals surface area contributed by atoms with Gasteiger partial charge in [0.15, 0.2) is 0 Å². The van der Waals surface area contributed by atoms with Crippen LogP contribution in [0.2, 0.25) is 0 Å². The van der Waals surface area contributed by atoms with Gasteiger partial charge in [0.1, 0.15) is 11.5 Å². The largest absolute Gasteiger partial charge is 0.457 e. The normalized spacial score (nSPS) is 14.2. The molecule has 7 nitrogen and oxygen atoms in total. The lowest BCUT2D eigenvalue weighted by molar-refractivity contribution is -0.384. The number of nitrogens with zero attached hydrogens (tertiary/aromatic N) is 2. The Morgan fingerprint density at radius 2 is 1.89 bits per heavy atom. The number of benzene rings is 2. The second-order valence-electron chi connectivity index (χ2n) is 6.65. The fourth-order valence-corrected chi connectivity index (χ4v) is 3.30. The van der Waals surface area contributed by atoms with Gasteiger partial charge in [-0.05, 0) is 50.6 Å². The van der Waals surface area contributed by atoms with E-state index < -0.39 is 4.92 Å². The molecule has 8 heteroatoms. The summed E-state index contributed by atoms with van der Waals surface area (Å²) in [5.74, 6) is 1.22. The molecule has 0 saturated carbocycles. The van der Waals surface area contributed by atoms with Crippen LogP contribution in [0.3, 0.4) is 0 Å². The number of nitro benzene ring substituents is 1. The van der Waals surface area contributed by atoms with E-state index in [0.717, 1.165) is 19.4 Å². The molecule has 150 valence electrons. The van der Waals surface area contributed by atoms with Crippen LogP contribution in [0.15, 0.2) is 48.5 Å². The van der Waals surface area contributed by atoms with E-state index in [4.69, 9.17) is 4.74 Å². The highest BCUT2D eigenvalue weighted by molar-refractivity contribution is 5.97. The minimum absolute atomic E-state index is 0. The Hall–Kier alpha value is -2.64. The van der Waals surface area contributed by atoms with Gasteiger partial charge >= 0.3 is 0 Å². The molecule has 3 rings (SSSR count). The number of non-ortho nitro benzene ring substituents is 1. The molecule has 1 amide bonds. The topological polar surface area (TPSA) is 84.7 Å². The first-order valence-corrected chi connectivity index (χ1v) is 9.03. The zero-order chi connectivity index (χ0) is 19.2. The van der Waals surface area contributed by atoms with Crippen molar-refractivity contribution in [1.82, 2.24) is 10.2 Å². The standard InChI is InChI=1S/C20H23N3O4.ClH/c1-21-14-15-9-11-22(12-10-15)20(24)18-13-16(23(25)26)7-8-19(18)27-17-5-3-2-4-6-17;/h2-8,13,15,21H,9-12,14H2,1H3;1H. The van der Waals surface area contributed by atoms with Crippen molar-refractivity contribution >= 4 is 24.0 Å². The fraction of sp³-hybridized carbons (Fsp3) is 0.350. The third-order valence-electron chi connectivity index (χ3n) is 4.77. The van der Waals surface area contributed by atoms with E-state index >= 15 is 0 Å². The molecule has 1 aliphatic rings. The SMILES string of the molecule is CNCC1CCN(C(=O)c2cc([N+](=O)[O-])ccc2Oc2ccccc2)CC1.Cl. The van der Waals surface area contributed by atoms with Crippen molar-refractivity contribution in [2.45, 2.75) is 12.8 Å². The van der Waals surface area contributed by atoms with E-state index in [1.165, 1.54) is 18.2 Å². The lowest BCUT2D eigenvalue weighted by atomic mass is 9.96. The Kier molecular flexibility index (Phi) is 7.78. The van der Waals surface area contributed by atoms with Crippen LogP contribution < -0.4 is 10.1 Å². The van der Waals surface area contributed by atoms with Gasteiger partial charge in [0, 0.05) is 25.2 Å². The van der Waals surface area contributed by atoms with Gasteiger partial charge in [0.05, 0.1) is 10.5 Å². The Morgan fingerprint density at radius 3 is 2.50 bits per heavy atom. The monoisotopic (exact) mass is 405 g/mol. The van der Waals surface area contributed by atoms with Crippen molar-refractivity contribution in [2.24, 2.45) is 5.92 Å². The molecule has 1 saturated heterocycles. The molecule has 1 heterocycles.